The normalized spacial score (nSPS) is 19.3. The molecule has 2 aromatic rings. The summed E-state index contributed by atoms with van der Waals surface area (Å²) in [4.78, 5) is 16.9. The number of nitrogens with zero attached hydrogens (tertiary/aromatic N) is 2. The monoisotopic (exact) mass is 245 g/mol. The van der Waals surface area contributed by atoms with Gasteiger partial charge >= 0.3 is 0 Å². The zero-order chi connectivity index (χ0) is 12.5. The molecule has 3 rings (SSSR count). The van der Waals surface area contributed by atoms with Gasteiger partial charge in [-0.3, -0.25) is 9.89 Å². The lowest BCUT2D eigenvalue weighted by Gasteiger charge is -2.15. The highest BCUT2D eigenvalue weighted by Gasteiger charge is 2.30. The highest BCUT2D eigenvalue weighted by molar-refractivity contribution is 5.92. The molecule has 1 aliphatic heterocycles. The van der Waals surface area contributed by atoms with Crippen molar-refractivity contribution in [2.75, 3.05) is 18.8 Å². The summed E-state index contributed by atoms with van der Waals surface area (Å²) < 4.78 is 0. The Morgan fingerprint density at radius 3 is 3.11 bits per heavy atom. The van der Waals surface area contributed by atoms with Gasteiger partial charge in [0.15, 0.2) is 0 Å². The van der Waals surface area contributed by atoms with Crippen molar-refractivity contribution >= 4 is 11.6 Å². The molecule has 6 heteroatoms. The number of aromatic nitrogens is 3. The third-order valence-corrected chi connectivity index (χ3v) is 3.41. The maximum atomic E-state index is 12.1. The quantitative estimate of drug-likeness (QED) is 0.735. The fraction of sp³-hybridized carbons (Fsp3) is 0.333. The van der Waals surface area contributed by atoms with E-state index in [-0.39, 0.29) is 11.8 Å². The number of hydrogen-bond donors (Lipinski definition) is 3. The van der Waals surface area contributed by atoms with E-state index in [1.165, 1.54) is 0 Å². The molecule has 6 nitrogen and oxygen atoms in total. The Morgan fingerprint density at radius 2 is 2.44 bits per heavy atom. The Labute approximate surface area is 104 Å². The topological polar surface area (TPSA) is 90.8 Å². The summed E-state index contributed by atoms with van der Waals surface area (Å²) in [5.41, 5.74) is 8.08. The SMILES string of the molecule is Nc1cn[nH]c1C1CCN(C(=O)c2ccc[nH]2)C1. The average Bonchev–Trinajstić information content (AvgIpc) is 3.09. The van der Waals surface area contributed by atoms with Gasteiger partial charge in [0.2, 0.25) is 0 Å². The summed E-state index contributed by atoms with van der Waals surface area (Å²) in [5, 5.41) is 6.85. The molecule has 94 valence electrons. The summed E-state index contributed by atoms with van der Waals surface area (Å²) in [7, 11) is 0. The van der Waals surface area contributed by atoms with E-state index < -0.39 is 0 Å². The van der Waals surface area contributed by atoms with Gasteiger partial charge in [-0.25, -0.2) is 0 Å². The lowest BCUT2D eigenvalue weighted by atomic mass is 10.0. The fourth-order valence-electron chi connectivity index (χ4n) is 2.45. The average molecular weight is 245 g/mol. The molecule has 1 aliphatic rings. The van der Waals surface area contributed by atoms with Gasteiger partial charge in [-0.05, 0) is 18.6 Å². The number of likely N-dealkylation sites (tertiary alicyclic amines) is 1. The van der Waals surface area contributed by atoms with Crippen molar-refractivity contribution in [2.24, 2.45) is 0 Å². The molecule has 0 radical (unpaired) electrons. The van der Waals surface area contributed by atoms with E-state index in [4.69, 9.17) is 5.73 Å². The largest absolute Gasteiger partial charge is 0.396 e. The van der Waals surface area contributed by atoms with Crippen molar-refractivity contribution in [1.29, 1.82) is 0 Å². The van der Waals surface area contributed by atoms with Crippen LogP contribution in [-0.2, 0) is 0 Å². The molecule has 1 unspecified atom stereocenters. The maximum Gasteiger partial charge on any atom is 0.270 e. The number of amides is 1. The fourth-order valence-corrected chi connectivity index (χ4v) is 2.45. The molecule has 0 bridgehead atoms. The Morgan fingerprint density at radius 1 is 1.56 bits per heavy atom. The number of nitrogens with one attached hydrogen (secondary N) is 2. The summed E-state index contributed by atoms with van der Waals surface area (Å²) in [6, 6.07) is 3.62. The first kappa shape index (κ1) is 10.9. The van der Waals surface area contributed by atoms with E-state index in [2.05, 4.69) is 15.2 Å². The van der Waals surface area contributed by atoms with Gasteiger partial charge in [0.05, 0.1) is 17.6 Å². The van der Waals surface area contributed by atoms with Crippen LogP contribution < -0.4 is 5.73 Å². The molecular formula is C12H15N5O. The van der Waals surface area contributed by atoms with E-state index in [1.807, 2.05) is 11.0 Å². The minimum absolute atomic E-state index is 0.0422. The molecular weight excluding hydrogens is 230 g/mol. The summed E-state index contributed by atoms with van der Waals surface area (Å²) >= 11 is 0. The van der Waals surface area contributed by atoms with Crippen molar-refractivity contribution in [1.82, 2.24) is 20.1 Å². The van der Waals surface area contributed by atoms with Crippen molar-refractivity contribution in [3.63, 3.8) is 0 Å². The van der Waals surface area contributed by atoms with E-state index in [0.29, 0.717) is 17.9 Å². The van der Waals surface area contributed by atoms with Gasteiger partial charge in [0.25, 0.3) is 5.91 Å². The highest BCUT2D eigenvalue weighted by Crippen LogP contribution is 2.29. The molecule has 2 aromatic heterocycles. The lowest BCUT2D eigenvalue weighted by Crippen LogP contribution is -2.28. The van der Waals surface area contributed by atoms with E-state index in [0.717, 1.165) is 18.7 Å². The van der Waals surface area contributed by atoms with Crippen LogP contribution in [0.25, 0.3) is 0 Å². The number of aromatic amines is 2. The Balaban J connectivity index is 1.73. The van der Waals surface area contributed by atoms with Crippen LogP contribution in [0, 0.1) is 0 Å². The van der Waals surface area contributed by atoms with Crippen LogP contribution in [0.1, 0.15) is 28.5 Å². The molecule has 4 N–H and O–H groups in total. The molecule has 1 amide bonds. The first-order valence-corrected chi connectivity index (χ1v) is 5.97. The second kappa shape index (κ2) is 4.21. The van der Waals surface area contributed by atoms with Crippen molar-refractivity contribution in [2.45, 2.75) is 12.3 Å². The van der Waals surface area contributed by atoms with Crippen molar-refractivity contribution < 1.29 is 4.79 Å². The molecule has 1 atom stereocenters. The minimum Gasteiger partial charge on any atom is -0.396 e. The number of rotatable bonds is 2. The number of carbonyl (C=O) groups is 1. The predicted octanol–water partition coefficient (Wildman–Crippen LogP) is 0.950. The van der Waals surface area contributed by atoms with E-state index >= 15 is 0 Å². The molecule has 1 saturated heterocycles. The van der Waals surface area contributed by atoms with Gasteiger partial charge in [0, 0.05) is 25.2 Å². The Bertz CT molecular complexity index is 545. The van der Waals surface area contributed by atoms with Gasteiger partial charge in [-0.2, -0.15) is 5.10 Å². The van der Waals surface area contributed by atoms with Crippen LogP contribution in [0.4, 0.5) is 5.69 Å². The molecule has 0 aromatic carbocycles. The third-order valence-electron chi connectivity index (χ3n) is 3.41. The number of H-pyrrole nitrogens is 2. The van der Waals surface area contributed by atoms with Crippen molar-refractivity contribution in [3.8, 4) is 0 Å². The second-order valence-corrected chi connectivity index (χ2v) is 4.56. The Kier molecular flexibility index (Phi) is 2.55. The van der Waals surface area contributed by atoms with Gasteiger partial charge in [0.1, 0.15) is 5.69 Å². The van der Waals surface area contributed by atoms with Gasteiger partial charge in [-0.1, -0.05) is 0 Å². The number of nitrogens with two attached hydrogens (primary N) is 1. The number of anilines is 1. The zero-order valence-electron chi connectivity index (χ0n) is 9.89. The summed E-state index contributed by atoms with van der Waals surface area (Å²) in [5.74, 6) is 0.298. The Hall–Kier alpha value is -2.24. The van der Waals surface area contributed by atoms with Crippen LogP contribution in [-0.4, -0.2) is 39.1 Å². The molecule has 18 heavy (non-hydrogen) atoms. The molecule has 0 aliphatic carbocycles. The van der Waals surface area contributed by atoms with Gasteiger partial charge in [-0.15, -0.1) is 0 Å². The third kappa shape index (κ3) is 1.75. The molecule has 0 saturated carbocycles. The van der Waals surface area contributed by atoms with E-state index in [1.54, 1.807) is 18.5 Å². The first-order chi connectivity index (χ1) is 8.75. The summed E-state index contributed by atoms with van der Waals surface area (Å²) in [6.07, 6.45) is 4.29. The molecule has 3 heterocycles. The highest BCUT2D eigenvalue weighted by atomic mass is 16.2. The van der Waals surface area contributed by atoms with Crippen LogP contribution in [0.15, 0.2) is 24.5 Å². The standard InChI is InChI=1S/C12H15N5O/c13-9-6-15-16-11(9)8-3-5-17(7-8)12(18)10-2-1-4-14-10/h1-2,4,6,8,14H,3,5,7,13H2,(H,15,16). The minimum atomic E-state index is 0.0422. The van der Waals surface area contributed by atoms with Crippen LogP contribution in [0.5, 0.6) is 0 Å². The number of nitrogen functional groups attached to an aromatic ring is 1. The molecule has 0 spiro atoms. The molecule has 1 fully saturated rings. The number of hydrogen-bond acceptors (Lipinski definition) is 3. The van der Waals surface area contributed by atoms with Crippen LogP contribution in [0.2, 0.25) is 0 Å². The van der Waals surface area contributed by atoms with Crippen LogP contribution >= 0.6 is 0 Å². The van der Waals surface area contributed by atoms with Crippen LogP contribution in [0.3, 0.4) is 0 Å². The second-order valence-electron chi connectivity index (χ2n) is 4.56. The summed E-state index contributed by atoms with van der Waals surface area (Å²) in [6.45, 7) is 1.44. The van der Waals surface area contributed by atoms with Gasteiger partial charge < -0.3 is 15.6 Å². The smallest absolute Gasteiger partial charge is 0.270 e. The predicted molar refractivity (Wildman–Crippen MR) is 67.1 cm³/mol. The van der Waals surface area contributed by atoms with E-state index in [9.17, 15) is 4.79 Å². The first-order valence-electron chi connectivity index (χ1n) is 5.97. The van der Waals surface area contributed by atoms with Crippen molar-refractivity contribution in [3.05, 3.63) is 35.9 Å². The maximum absolute atomic E-state index is 12.1. The number of carbonyl (C=O) groups excluding carboxylic acids is 1. The zero-order valence-corrected chi connectivity index (χ0v) is 9.89. The lowest BCUT2D eigenvalue weighted by molar-refractivity contribution is 0.0785.